The van der Waals surface area contributed by atoms with Crippen LogP contribution in [0.3, 0.4) is 0 Å². The van der Waals surface area contributed by atoms with Crippen molar-refractivity contribution >= 4 is 23.0 Å². The van der Waals surface area contributed by atoms with Crippen molar-refractivity contribution in [1.29, 1.82) is 0 Å². The molecule has 4 rings (SSSR count). The number of benzene rings is 3. The Morgan fingerprint density at radius 1 is 0.769 bits per heavy atom. The topological polar surface area (TPSA) is 15.3 Å². The predicted octanol–water partition coefficient (Wildman–Crippen LogP) is 5.61. The summed E-state index contributed by atoms with van der Waals surface area (Å²) >= 11 is 5.79. The zero-order chi connectivity index (χ0) is 17.8. The minimum absolute atomic E-state index is 0.296. The molecule has 1 heterocycles. The van der Waals surface area contributed by atoms with E-state index in [1.54, 1.807) is 0 Å². The van der Waals surface area contributed by atoms with E-state index in [4.69, 9.17) is 12.2 Å². The van der Waals surface area contributed by atoms with Gasteiger partial charge in [0.1, 0.15) is 0 Å². The van der Waals surface area contributed by atoms with E-state index in [1.165, 1.54) is 11.1 Å². The summed E-state index contributed by atoms with van der Waals surface area (Å²) in [6.07, 6.45) is 1.07. The van der Waals surface area contributed by atoms with E-state index in [1.807, 2.05) is 18.2 Å². The molecule has 0 amide bonds. The molecule has 1 aliphatic heterocycles. The second kappa shape index (κ2) is 7.71. The number of likely N-dealkylation sites (tertiary alicyclic amines) is 1. The van der Waals surface area contributed by atoms with Crippen molar-refractivity contribution in [2.75, 3.05) is 11.9 Å². The number of thiocarbonyl (C=S) groups is 1. The Morgan fingerprint density at radius 3 is 1.92 bits per heavy atom. The van der Waals surface area contributed by atoms with Gasteiger partial charge in [0, 0.05) is 18.2 Å². The van der Waals surface area contributed by atoms with E-state index in [0.29, 0.717) is 12.0 Å². The van der Waals surface area contributed by atoms with Gasteiger partial charge in [-0.2, -0.15) is 0 Å². The van der Waals surface area contributed by atoms with E-state index >= 15 is 0 Å². The maximum atomic E-state index is 5.79. The molecule has 3 aromatic carbocycles. The zero-order valence-corrected chi connectivity index (χ0v) is 15.4. The lowest BCUT2D eigenvalue weighted by Gasteiger charge is -2.28. The summed E-state index contributed by atoms with van der Waals surface area (Å²) in [5, 5.41) is 4.21. The van der Waals surface area contributed by atoms with Crippen LogP contribution in [-0.4, -0.2) is 16.6 Å². The molecule has 0 aromatic heterocycles. The maximum absolute atomic E-state index is 5.79. The molecule has 2 atom stereocenters. The van der Waals surface area contributed by atoms with E-state index < -0.39 is 0 Å². The molecule has 2 unspecified atom stereocenters. The van der Waals surface area contributed by atoms with Gasteiger partial charge in [0.15, 0.2) is 5.11 Å². The Balaban J connectivity index is 1.60. The molecule has 1 saturated heterocycles. The molecule has 0 radical (unpaired) electrons. The minimum Gasteiger partial charge on any atom is -0.341 e. The molecule has 1 aliphatic rings. The third-order valence-corrected chi connectivity index (χ3v) is 5.38. The van der Waals surface area contributed by atoms with Crippen molar-refractivity contribution in [3.8, 4) is 0 Å². The third kappa shape index (κ3) is 3.63. The van der Waals surface area contributed by atoms with Crippen LogP contribution in [0.25, 0.3) is 0 Å². The fraction of sp³-hybridized carbons (Fsp3) is 0.174. The van der Waals surface area contributed by atoms with Crippen LogP contribution in [0.4, 0.5) is 5.69 Å². The standard InChI is InChI=1S/C23H22N2S/c26-23(24-21-14-8-3-9-15-21)25-17-20(18-10-4-1-5-11-18)16-22(25)19-12-6-2-7-13-19/h1-15,20,22H,16-17H2,(H,24,26). The Hall–Kier alpha value is -2.65. The predicted molar refractivity (Wildman–Crippen MR) is 112 cm³/mol. The Kier molecular flexibility index (Phi) is 4.98. The molecule has 130 valence electrons. The Bertz CT molecular complexity index is 849. The first-order chi connectivity index (χ1) is 12.8. The molecule has 3 aromatic rings. The normalized spacial score (nSPS) is 19.3. The largest absolute Gasteiger partial charge is 0.341 e. The lowest BCUT2D eigenvalue weighted by atomic mass is 9.94. The lowest BCUT2D eigenvalue weighted by molar-refractivity contribution is 0.405. The first-order valence-electron chi connectivity index (χ1n) is 9.04. The van der Waals surface area contributed by atoms with Crippen LogP contribution in [0.5, 0.6) is 0 Å². The summed E-state index contributed by atoms with van der Waals surface area (Å²) in [6, 6.07) is 31.9. The third-order valence-electron chi connectivity index (χ3n) is 5.04. The molecule has 26 heavy (non-hydrogen) atoms. The molecule has 2 nitrogen and oxygen atoms in total. The fourth-order valence-electron chi connectivity index (χ4n) is 3.74. The number of hydrogen-bond donors (Lipinski definition) is 1. The van der Waals surface area contributed by atoms with Gasteiger partial charge in [-0.3, -0.25) is 0 Å². The van der Waals surface area contributed by atoms with Crippen LogP contribution in [0.15, 0.2) is 91.0 Å². The second-order valence-electron chi connectivity index (χ2n) is 6.72. The summed E-state index contributed by atoms with van der Waals surface area (Å²) in [6.45, 7) is 0.933. The fourth-order valence-corrected chi connectivity index (χ4v) is 4.05. The Labute approximate surface area is 160 Å². The highest BCUT2D eigenvalue weighted by Gasteiger charge is 2.35. The molecule has 0 bridgehead atoms. The lowest BCUT2D eigenvalue weighted by Crippen LogP contribution is -2.34. The van der Waals surface area contributed by atoms with Gasteiger partial charge in [-0.1, -0.05) is 78.9 Å². The molecule has 1 fully saturated rings. The van der Waals surface area contributed by atoms with Crippen molar-refractivity contribution in [3.05, 3.63) is 102 Å². The highest BCUT2D eigenvalue weighted by molar-refractivity contribution is 7.80. The van der Waals surface area contributed by atoms with Crippen molar-refractivity contribution in [3.63, 3.8) is 0 Å². The van der Waals surface area contributed by atoms with Gasteiger partial charge in [-0.15, -0.1) is 0 Å². The zero-order valence-electron chi connectivity index (χ0n) is 14.6. The van der Waals surface area contributed by atoms with Crippen molar-refractivity contribution < 1.29 is 0 Å². The summed E-state index contributed by atoms with van der Waals surface area (Å²) in [7, 11) is 0. The summed E-state index contributed by atoms with van der Waals surface area (Å²) in [4.78, 5) is 2.34. The van der Waals surface area contributed by atoms with E-state index in [0.717, 1.165) is 23.8 Å². The van der Waals surface area contributed by atoms with E-state index in [9.17, 15) is 0 Å². The number of rotatable bonds is 3. The van der Waals surface area contributed by atoms with Gasteiger partial charge < -0.3 is 10.2 Å². The van der Waals surface area contributed by atoms with Crippen molar-refractivity contribution in [2.24, 2.45) is 0 Å². The summed E-state index contributed by atoms with van der Waals surface area (Å²) < 4.78 is 0. The van der Waals surface area contributed by atoms with Gasteiger partial charge in [0.05, 0.1) is 6.04 Å². The maximum Gasteiger partial charge on any atom is 0.173 e. The molecule has 1 N–H and O–H groups in total. The second-order valence-corrected chi connectivity index (χ2v) is 7.11. The highest BCUT2D eigenvalue weighted by Crippen LogP contribution is 2.40. The molecule has 3 heteroatoms. The number of anilines is 1. The van der Waals surface area contributed by atoms with Crippen molar-refractivity contribution in [2.45, 2.75) is 18.4 Å². The average Bonchev–Trinajstić information content (AvgIpc) is 3.16. The monoisotopic (exact) mass is 358 g/mol. The van der Waals surface area contributed by atoms with Gasteiger partial charge in [0.2, 0.25) is 0 Å². The smallest absolute Gasteiger partial charge is 0.173 e. The molecular formula is C23H22N2S. The minimum atomic E-state index is 0.296. The van der Waals surface area contributed by atoms with Crippen LogP contribution in [0.1, 0.15) is 29.5 Å². The van der Waals surface area contributed by atoms with Gasteiger partial charge >= 0.3 is 0 Å². The molecular weight excluding hydrogens is 336 g/mol. The number of nitrogens with zero attached hydrogens (tertiary/aromatic N) is 1. The van der Waals surface area contributed by atoms with Gasteiger partial charge in [-0.25, -0.2) is 0 Å². The van der Waals surface area contributed by atoms with Gasteiger partial charge in [0.25, 0.3) is 0 Å². The van der Waals surface area contributed by atoms with Crippen LogP contribution in [0.2, 0.25) is 0 Å². The van der Waals surface area contributed by atoms with Crippen LogP contribution in [0, 0.1) is 0 Å². The molecule has 0 saturated carbocycles. The average molecular weight is 359 g/mol. The number of para-hydroxylation sites is 1. The molecule has 0 aliphatic carbocycles. The van der Waals surface area contributed by atoms with Crippen LogP contribution < -0.4 is 5.32 Å². The van der Waals surface area contributed by atoms with Gasteiger partial charge in [-0.05, 0) is 41.9 Å². The van der Waals surface area contributed by atoms with Crippen LogP contribution in [-0.2, 0) is 0 Å². The van der Waals surface area contributed by atoms with E-state index in [2.05, 4.69) is 83.0 Å². The summed E-state index contributed by atoms with van der Waals surface area (Å²) in [5.74, 6) is 0.483. The first kappa shape index (κ1) is 16.8. The first-order valence-corrected chi connectivity index (χ1v) is 9.44. The molecule has 0 spiro atoms. The van der Waals surface area contributed by atoms with Crippen LogP contribution >= 0.6 is 12.2 Å². The van der Waals surface area contributed by atoms with E-state index in [-0.39, 0.29) is 0 Å². The summed E-state index contributed by atoms with van der Waals surface area (Å²) in [5.41, 5.74) is 3.74. The number of hydrogen-bond acceptors (Lipinski definition) is 1. The number of nitrogens with one attached hydrogen (secondary N) is 1. The SMILES string of the molecule is S=C(Nc1ccccc1)N1CC(c2ccccc2)CC1c1ccccc1. The highest BCUT2D eigenvalue weighted by atomic mass is 32.1. The quantitative estimate of drug-likeness (QED) is 0.612. The van der Waals surface area contributed by atoms with Crippen molar-refractivity contribution in [1.82, 2.24) is 4.90 Å². The Morgan fingerprint density at radius 2 is 1.31 bits per heavy atom.